The van der Waals surface area contributed by atoms with Gasteiger partial charge in [0, 0.05) is 80.1 Å². The maximum atomic E-state index is 13.2. The van der Waals surface area contributed by atoms with E-state index in [0.717, 1.165) is 57.2 Å². The van der Waals surface area contributed by atoms with Crippen LogP contribution in [-0.2, 0) is 32.1 Å². The first-order valence-electron chi connectivity index (χ1n) is 20.6. The number of amides is 1. The predicted molar refractivity (Wildman–Crippen MR) is 218 cm³/mol. The van der Waals surface area contributed by atoms with Gasteiger partial charge < -0.3 is 23.6 Å². The van der Waals surface area contributed by atoms with Crippen molar-refractivity contribution >= 4 is 37.6 Å². The fourth-order valence-corrected chi connectivity index (χ4v) is 11.3. The summed E-state index contributed by atoms with van der Waals surface area (Å²) in [6.45, 7) is 15.5. The second kappa shape index (κ2) is 16.8. The summed E-state index contributed by atoms with van der Waals surface area (Å²) in [5.41, 5.74) is 11.2. The maximum Gasteiger partial charge on any atom is 0.259 e. The van der Waals surface area contributed by atoms with Crippen molar-refractivity contribution in [1.82, 2.24) is 9.57 Å². The number of para-hydroxylation sites is 1. The van der Waals surface area contributed by atoms with E-state index in [-0.39, 0.29) is 29.5 Å². The monoisotopic (exact) mass is 754 g/mol. The fourth-order valence-electron chi connectivity index (χ4n) is 9.75. The molecule has 7 rings (SSSR count). The van der Waals surface area contributed by atoms with Crippen LogP contribution in [0, 0.1) is 11.3 Å². The van der Waals surface area contributed by atoms with E-state index in [0.29, 0.717) is 32.6 Å². The van der Waals surface area contributed by atoms with Crippen molar-refractivity contribution in [2.45, 2.75) is 129 Å². The summed E-state index contributed by atoms with van der Waals surface area (Å²) in [5, 5.41) is 9.00. The van der Waals surface area contributed by atoms with E-state index >= 15 is 0 Å². The number of carbonyl (C=O) groups excluding carboxylic acids is 1. The van der Waals surface area contributed by atoms with Crippen LogP contribution in [0.25, 0.3) is 6.08 Å². The molecule has 0 N–H and O–H groups in total. The zero-order valence-electron chi connectivity index (χ0n) is 33.5. The fraction of sp³-hybridized carbons (Fsp3) is 0.614. The average Bonchev–Trinajstić information content (AvgIpc) is 3.42. The minimum Gasteiger partial charge on any atom is -0.484 e. The highest BCUT2D eigenvalue weighted by atomic mass is 31.2. The highest BCUT2D eigenvalue weighted by Gasteiger charge is 2.54. The molecule has 5 aliphatic rings. The molecule has 10 heteroatoms. The third-order valence-corrected chi connectivity index (χ3v) is 14.3. The van der Waals surface area contributed by atoms with Crippen molar-refractivity contribution in [3.63, 3.8) is 0 Å². The molecule has 2 aromatic carbocycles. The minimum absolute atomic E-state index is 0.0854. The van der Waals surface area contributed by atoms with Crippen LogP contribution in [0.3, 0.4) is 0 Å². The van der Waals surface area contributed by atoms with Gasteiger partial charge in [0.15, 0.2) is 12.3 Å². The Hall–Kier alpha value is -3.28. The molecule has 5 heterocycles. The Morgan fingerprint density at radius 3 is 2.63 bits per heavy atom. The molecule has 3 unspecified atom stereocenters. The van der Waals surface area contributed by atoms with Gasteiger partial charge in [-0.2, -0.15) is 9.84 Å². The second-order valence-electron chi connectivity index (χ2n) is 16.6. The molecule has 0 spiro atoms. The molecule has 0 bridgehead atoms. The topological polar surface area (TPSA) is 81.3 Å². The zero-order chi connectivity index (χ0) is 38.0. The van der Waals surface area contributed by atoms with Crippen molar-refractivity contribution in [2.75, 3.05) is 51.3 Å². The summed E-state index contributed by atoms with van der Waals surface area (Å²) in [5.74, 6) is 1.30. The Balaban J connectivity index is 0.985. The Morgan fingerprint density at radius 1 is 1.09 bits per heavy atom. The van der Waals surface area contributed by atoms with E-state index in [4.69, 9.17) is 19.0 Å². The van der Waals surface area contributed by atoms with E-state index < -0.39 is 8.53 Å². The van der Waals surface area contributed by atoms with Crippen LogP contribution in [0.15, 0.2) is 35.9 Å². The molecule has 1 amide bonds. The Bertz CT molecular complexity index is 1810. The van der Waals surface area contributed by atoms with E-state index in [2.05, 4.69) is 91.2 Å². The molecule has 2 aromatic rings. The largest absolute Gasteiger partial charge is 0.484 e. The molecule has 3 atom stereocenters. The highest BCUT2D eigenvalue weighted by Crippen LogP contribution is 2.52. The first kappa shape index (κ1) is 39.0. The number of nitriles is 1. The van der Waals surface area contributed by atoms with Crippen molar-refractivity contribution < 1.29 is 23.2 Å². The van der Waals surface area contributed by atoms with E-state index in [1.54, 1.807) is 4.90 Å². The Labute approximate surface area is 324 Å². The number of likely N-dealkylation sites (N-methyl/N-ethyl adjacent to an activating group) is 1. The lowest BCUT2D eigenvalue weighted by molar-refractivity contribution is -0.444. The molecule has 0 aromatic heterocycles. The van der Waals surface area contributed by atoms with Gasteiger partial charge >= 0.3 is 0 Å². The summed E-state index contributed by atoms with van der Waals surface area (Å²) < 4.78 is 24.1. The summed E-state index contributed by atoms with van der Waals surface area (Å²) in [4.78, 5) is 17.6. The third-order valence-electron chi connectivity index (χ3n) is 12.2. The standard InChI is InChI=1S/C44H61N5O4P/c1-31(2)49(32(3)4)54(51-27-14-22-45)52-28-26-46(6)40(50)19-8-7-11-21-44(5)37-17-9-10-18-38(37)48-25-20-39-36(43(44)48)30-34-29-33-15-12-23-47-24-13-16-35(41(33)47)42(34)53-39/h9-10,17-18,29-32,39H,7-8,11-16,19-21,23-28H2,1-6H3/q+1. The second-order valence-corrected chi connectivity index (χ2v) is 18.0. The Kier molecular flexibility index (Phi) is 12.2. The van der Waals surface area contributed by atoms with Gasteiger partial charge in [0.2, 0.25) is 11.6 Å². The molecule has 9 nitrogen and oxygen atoms in total. The lowest BCUT2D eigenvalue weighted by Crippen LogP contribution is -2.44. The van der Waals surface area contributed by atoms with E-state index in [9.17, 15) is 4.79 Å². The van der Waals surface area contributed by atoms with Gasteiger partial charge in [0.05, 0.1) is 36.7 Å². The predicted octanol–water partition coefficient (Wildman–Crippen LogP) is 8.69. The van der Waals surface area contributed by atoms with Crippen LogP contribution in [0.5, 0.6) is 5.75 Å². The highest BCUT2D eigenvalue weighted by molar-refractivity contribution is 7.44. The zero-order valence-corrected chi connectivity index (χ0v) is 34.4. The van der Waals surface area contributed by atoms with Gasteiger partial charge in [0.1, 0.15) is 11.9 Å². The molecule has 5 aliphatic heterocycles. The van der Waals surface area contributed by atoms with Crippen LogP contribution in [0.2, 0.25) is 0 Å². The number of ether oxygens (including phenoxy) is 1. The first-order valence-corrected chi connectivity index (χ1v) is 21.8. The molecule has 0 saturated carbocycles. The van der Waals surface area contributed by atoms with Crippen molar-refractivity contribution in [1.29, 1.82) is 5.26 Å². The summed E-state index contributed by atoms with van der Waals surface area (Å²) >= 11 is 0. The van der Waals surface area contributed by atoms with Crippen LogP contribution >= 0.6 is 8.53 Å². The number of anilines is 1. The lowest BCUT2D eigenvalue weighted by Gasteiger charge is -2.40. The van der Waals surface area contributed by atoms with E-state index in [1.807, 2.05) is 7.05 Å². The van der Waals surface area contributed by atoms with Crippen molar-refractivity contribution in [3.05, 3.63) is 58.2 Å². The van der Waals surface area contributed by atoms with Gasteiger partial charge in [-0.3, -0.25) is 4.79 Å². The summed E-state index contributed by atoms with van der Waals surface area (Å²) in [6, 6.07) is 14.1. The van der Waals surface area contributed by atoms with Crippen LogP contribution < -0.4 is 9.64 Å². The maximum absolute atomic E-state index is 13.2. The molecule has 290 valence electrons. The number of aryl methyl sites for hydroxylation is 1. The summed E-state index contributed by atoms with van der Waals surface area (Å²) in [6.07, 6.45) is 13.1. The Morgan fingerprint density at radius 2 is 1.85 bits per heavy atom. The van der Waals surface area contributed by atoms with Gasteiger partial charge in [-0.15, -0.1) is 0 Å². The molecule has 54 heavy (non-hydrogen) atoms. The first-order chi connectivity index (χ1) is 26.1. The average molecular weight is 755 g/mol. The van der Waals surface area contributed by atoms with Crippen molar-refractivity contribution in [2.24, 2.45) is 0 Å². The number of unbranched alkanes of at least 4 members (excludes halogenated alkanes) is 2. The smallest absolute Gasteiger partial charge is 0.259 e. The van der Waals surface area contributed by atoms with Gasteiger partial charge in [0.25, 0.3) is 8.53 Å². The molecular weight excluding hydrogens is 693 g/mol. The number of carbonyl (C=O) groups is 1. The van der Waals surface area contributed by atoms with Crippen LogP contribution in [0.4, 0.5) is 11.4 Å². The number of hydrogen-bond acceptors (Lipinski definition) is 7. The lowest BCUT2D eigenvalue weighted by atomic mass is 9.71. The van der Waals surface area contributed by atoms with Gasteiger partial charge in [-0.05, 0) is 90.8 Å². The quantitative estimate of drug-likeness (QED) is 0.0964. The van der Waals surface area contributed by atoms with E-state index in [1.165, 1.54) is 70.8 Å². The molecule has 0 saturated heterocycles. The van der Waals surface area contributed by atoms with Crippen LogP contribution in [0.1, 0.15) is 115 Å². The van der Waals surface area contributed by atoms with Gasteiger partial charge in [-0.1, -0.05) is 31.0 Å². The molecular formula is C44H61N5O4P+. The van der Waals surface area contributed by atoms with Gasteiger partial charge in [-0.25, -0.2) is 4.67 Å². The summed E-state index contributed by atoms with van der Waals surface area (Å²) in [7, 11) is 0.558. The molecule has 0 fully saturated rings. The number of fused-ring (bicyclic) bond motifs is 6. The minimum atomic E-state index is -1.31. The number of rotatable bonds is 16. The third kappa shape index (κ3) is 7.61. The normalized spacial score (nSPS) is 21.5. The molecule has 0 aliphatic carbocycles. The SMILES string of the molecule is CC(C)N(C(C)C)P(OCCC#N)OCCN(C)C(=O)CCCCCC1(C)C2=[N+](CCC3Oc4c(cc5c6c4CCCN6CCC5)C=C23)c2ccccc21. The van der Waals surface area contributed by atoms with Crippen molar-refractivity contribution in [3.8, 4) is 11.8 Å². The number of benzene rings is 2. The molecule has 0 radical (unpaired) electrons. The number of nitrogens with zero attached hydrogens (tertiary/aromatic N) is 5. The number of hydrogen-bond donors (Lipinski definition) is 0. The van der Waals surface area contributed by atoms with Crippen LogP contribution in [-0.4, -0.2) is 90.4 Å².